The van der Waals surface area contributed by atoms with Crippen molar-refractivity contribution in [3.8, 4) is 22.4 Å². The highest BCUT2D eigenvalue weighted by Crippen LogP contribution is 2.40. The van der Waals surface area contributed by atoms with Crippen LogP contribution < -0.4 is 5.73 Å². The number of fused-ring (bicyclic) bond motifs is 1. The Labute approximate surface area is 188 Å². The second-order valence-corrected chi connectivity index (χ2v) is 8.92. The first-order valence-electron chi connectivity index (χ1n) is 11.3. The average Bonchev–Trinajstić information content (AvgIpc) is 2.81. The van der Waals surface area contributed by atoms with Crippen LogP contribution in [0, 0.1) is 0 Å². The molecule has 0 bridgehead atoms. The van der Waals surface area contributed by atoms with E-state index >= 15 is 0 Å². The number of benzene rings is 2. The van der Waals surface area contributed by atoms with E-state index in [0.29, 0.717) is 24.3 Å². The van der Waals surface area contributed by atoms with Crippen molar-refractivity contribution in [2.75, 3.05) is 0 Å². The smallest absolute Gasteiger partial charge is 0.163 e. The number of aliphatic hydroxyl groups excluding tert-OH is 1. The minimum absolute atomic E-state index is 0.177. The Morgan fingerprint density at radius 1 is 1.00 bits per heavy atom. The van der Waals surface area contributed by atoms with Crippen molar-refractivity contribution < 1.29 is 5.11 Å². The van der Waals surface area contributed by atoms with Gasteiger partial charge in [-0.25, -0.2) is 15.0 Å². The third-order valence-corrected chi connectivity index (χ3v) is 6.47. The highest BCUT2D eigenvalue weighted by Gasteiger charge is 2.34. The first-order chi connectivity index (χ1) is 15.5. The van der Waals surface area contributed by atoms with Gasteiger partial charge in [-0.3, -0.25) is 0 Å². The van der Waals surface area contributed by atoms with Crippen LogP contribution in [-0.4, -0.2) is 26.2 Å². The Morgan fingerprint density at radius 3 is 2.41 bits per heavy atom. The number of nitrogens with two attached hydrogens (primary N) is 1. The quantitative estimate of drug-likeness (QED) is 0.454. The molecular weight excluding hydrogens is 396 g/mol. The van der Waals surface area contributed by atoms with Gasteiger partial charge in [0, 0.05) is 34.7 Å². The zero-order chi connectivity index (χ0) is 22.1. The Bertz CT molecular complexity index is 1230. The van der Waals surface area contributed by atoms with Crippen LogP contribution >= 0.6 is 0 Å². The van der Waals surface area contributed by atoms with Crippen molar-refractivity contribution in [3.05, 3.63) is 78.2 Å². The molecule has 32 heavy (non-hydrogen) atoms. The predicted molar refractivity (Wildman–Crippen MR) is 128 cm³/mol. The van der Waals surface area contributed by atoms with Crippen LogP contribution in [0.15, 0.2) is 66.9 Å². The van der Waals surface area contributed by atoms with Gasteiger partial charge < -0.3 is 10.8 Å². The molecule has 5 nitrogen and oxygen atoms in total. The summed E-state index contributed by atoms with van der Waals surface area (Å²) in [5.74, 6) is 0.703. The van der Waals surface area contributed by atoms with Gasteiger partial charge in [-0.15, -0.1) is 0 Å². The fourth-order valence-electron chi connectivity index (χ4n) is 4.32. The maximum absolute atomic E-state index is 9.60. The van der Waals surface area contributed by atoms with Crippen molar-refractivity contribution in [2.45, 2.75) is 50.7 Å². The average molecular weight is 425 g/mol. The Hall–Kier alpha value is -3.15. The van der Waals surface area contributed by atoms with Crippen LogP contribution in [0.25, 0.3) is 33.4 Å². The molecule has 162 valence electrons. The lowest BCUT2D eigenvalue weighted by molar-refractivity contribution is 0.184. The SMILES string of the molecule is C[C@H](O)CCc1ncc2cc(-c3ccccc3)c(-c3ccc(C4(N)CCC4)cc3)nc2n1. The van der Waals surface area contributed by atoms with Gasteiger partial charge in [0.05, 0.1) is 11.8 Å². The van der Waals surface area contributed by atoms with Crippen molar-refractivity contribution in [3.63, 3.8) is 0 Å². The number of nitrogens with zero attached hydrogens (tertiary/aromatic N) is 3. The van der Waals surface area contributed by atoms with E-state index in [1.165, 1.54) is 12.0 Å². The van der Waals surface area contributed by atoms with E-state index in [1.807, 2.05) is 24.4 Å². The van der Waals surface area contributed by atoms with Gasteiger partial charge in [0.15, 0.2) is 5.65 Å². The van der Waals surface area contributed by atoms with E-state index in [-0.39, 0.29) is 11.6 Å². The van der Waals surface area contributed by atoms with Gasteiger partial charge in [0.25, 0.3) is 0 Å². The molecule has 3 N–H and O–H groups in total. The van der Waals surface area contributed by atoms with Crippen LogP contribution in [0.5, 0.6) is 0 Å². The number of aryl methyl sites for hydroxylation is 1. The summed E-state index contributed by atoms with van der Waals surface area (Å²) in [5.41, 5.74) is 12.3. The van der Waals surface area contributed by atoms with E-state index in [1.54, 1.807) is 6.92 Å². The van der Waals surface area contributed by atoms with E-state index in [0.717, 1.165) is 40.6 Å². The first kappa shape index (κ1) is 20.7. The summed E-state index contributed by atoms with van der Waals surface area (Å²) in [6.07, 6.45) is 5.99. The Morgan fingerprint density at radius 2 is 1.75 bits per heavy atom. The maximum atomic E-state index is 9.60. The summed E-state index contributed by atoms with van der Waals surface area (Å²) in [7, 11) is 0. The topological polar surface area (TPSA) is 84.9 Å². The molecule has 0 unspecified atom stereocenters. The fraction of sp³-hybridized carbons (Fsp3) is 0.296. The molecule has 5 heteroatoms. The van der Waals surface area contributed by atoms with Crippen molar-refractivity contribution in [1.29, 1.82) is 0 Å². The summed E-state index contributed by atoms with van der Waals surface area (Å²) in [4.78, 5) is 14.2. The molecule has 1 aliphatic rings. The molecule has 0 radical (unpaired) electrons. The monoisotopic (exact) mass is 424 g/mol. The molecule has 1 aliphatic carbocycles. The number of aromatic nitrogens is 3. The van der Waals surface area contributed by atoms with Gasteiger partial charge in [-0.05, 0) is 49.8 Å². The van der Waals surface area contributed by atoms with Crippen molar-refractivity contribution in [2.24, 2.45) is 5.73 Å². The van der Waals surface area contributed by atoms with Gasteiger partial charge in [0.1, 0.15) is 5.82 Å². The summed E-state index contributed by atoms with van der Waals surface area (Å²) in [6.45, 7) is 1.78. The number of hydrogen-bond acceptors (Lipinski definition) is 5. The van der Waals surface area contributed by atoms with Crippen molar-refractivity contribution >= 4 is 11.0 Å². The van der Waals surface area contributed by atoms with Gasteiger partial charge in [-0.1, -0.05) is 54.6 Å². The van der Waals surface area contributed by atoms with Gasteiger partial charge in [-0.2, -0.15) is 0 Å². The minimum atomic E-state index is -0.377. The van der Waals surface area contributed by atoms with Crippen molar-refractivity contribution in [1.82, 2.24) is 15.0 Å². The Kier molecular flexibility index (Phi) is 5.45. The zero-order valence-electron chi connectivity index (χ0n) is 18.3. The number of hydrogen-bond donors (Lipinski definition) is 2. The minimum Gasteiger partial charge on any atom is -0.393 e. The predicted octanol–water partition coefficient (Wildman–Crippen LogP) is 5.01. The van der Waals surface area contributed by atoms with Gasteiger partial charge in [0.2, 0.25) is 0 Å². The maximum Gasteiger partial charge on any atom is 0.163 e. The molecule has 0 aliphatic heterocycles. The molecule has 2 aromatic carbocycles. The summed E-state index contributed by atoms with van der Waals surface area (Å²) >= 11 is 0. The molecule has 2 aromatic heterocycles. The molecule has 4 aromatic rings. The Balaban J connectivity index is 1.60. The molecule has 2 heterocycles. The third-order valence-electron chi connectivity index (χ3n) is 6.47. The van der Waals surface area contributed by atoms with Crippen LogP contribution in [0.4, 0.5) is 0 Å². The highest BCUT2D eigenvalue weighted by atomic mass is 16.3. The summed E-state index contributed by atoms with van der Waals surface area (Å²) in [6, 6.07) is 20.9. The lowest BCUT2D eigenvalue weighted by Gasteiger charge is -2.38. The molecule has 1 fully saturated rings. The zero-order valence-corrected chi connectivity index (χ0v) is 18.3. The van der Waals surface area contributed by atoms with Crippen LogP contribution in [0.2, 0.25) is 0 Å². The van der Waals surface area contributed by atoms with E-state index in [4.69, 9.17) is 15.7 Å². The first-order valence-corrected chi connectivity index (χ1v) is 11.3. The van der Waals surface area contributed by atoms with Gasteiger partial charge >= 0.3 is 0 Å². The number of pyridine rings is 1. The fourth-order valence-corrected chi connectivity index (χ4v) is 4.32. The summed E-state index contributed by atoms with van der Waals surface area (Å²) in [5, 5.41) is 10.5. The number of aliphatic hydroxyl groups is 1. The molecule has 0 spiro atoms. The standard InChI is InChI=1S/C27H28N4O/c1-18(32)8-13-24-29-17-21-16-23(19-6-3-2-4-7-19)25(31-26(21)30-24)20-9-11-22(12-10-20)27(28)14-5-15-27/h2-4,6-7,9-12,16-18,32H,5,8,13-15,28H2,1H3/t18-/m0/s1. The molecule has 0 saturated heterocycles. The van der Waals surface area contributed by atoms with E-state index in [2.05, 4.69) is 47.4 Å². The largest absolute Gasteiger partial charge is 0.393 e. The second kappa shape index (κ2) is 8.41. The molecule has 1 saturated carbocycles. The van der Waals surface area contributed by atoms with E-state index < -0.39 is 0 Å². The highest BCUT2D eigenvalue weighted by molar-refractivity contribution is 5.89. The molecule has 1 atom stereocenters. The second-order valence-electron chi connectivity index (χ2n) is 8.92. The number of rotatable bonds is 6. The molecular formula is C27H28N4O. The molecule has 5 rings (SSSR count). The normalized spacial score (nSPS) is 16.0. The van der Waals surface area contributed by atoms with Crippen LogP contribution in [0.3, 0.4) is 0 Å². The van der Waals surface area contributed by atoms with Crippen LogP contribution in [0.1, 0.15) is 44.0 Å². The third kappa shape index (κ3) is 4.01. The lowest BCUT2D eigenvalue weighted by Crippen LogP contribution is -2.43. The lowest BCUT2D eigenvalue weighted by atomic mass is 9.72. The van der Waals surface area contributed by atoms with Crippen LogP contribution in [-0.2, 0) is 12.0 Å². The molecule has 0 amide bonds. The van der Waals surface area contributed by atoms with E-state index in [9.17, 15) is 5.11 Å². The summed E-state index contributed by atoms with van der Waals surface area (Å²) < 4.78 is 0.